The summed E-state index contributed by atoms with van der Waals surface area (Å²) in [6, 6.07) is 15.3. The fourth-order valence-corrected chi connectivity index (χ4v) is 5.66. The molecule has 0 saturated carbocycles. The van der Waals surface area contributed by atoms with E-state index < -0.39 is 0 Å². The molecule has 1 amide bonds. The van der Waals surface area contributed by atoms with Crippen LogP contribution in [0.1, 0.15) is 56.7 Å². The average Bonchev–Trinajstić information content (AvgIpc) is 3.46. The van der Waals surface area contributed by atoms with Gasteiger partial charge in [0.15, 0.2) is 5.76 Å². The SMILES string of the molecule is Cc1cccc(N[C@@H](c2cccc(F)c2)c2c(NC(=O)c3ccco3)sc3c2CCCC3)n1. The Balaban J connectivity index is 1.62. The smallest absolute Gasteiger partial charge is 0.291 e. The van der Waals surface area contributed by atoms with Gasteiger partial charge in [0.05, 0.1) is 12.3 Å². The minimum absolute atomic E-state index is 0.253. The van der Waals surface area contributed by atoms with E-state index in [1.807, 2.05) is 31.2 Å². The second-order valence-corrected chi connectivity index (χ2v) is 9.29. The first kappa shape index (κ1) is 21.4. The van der Waals surface area contributed by atoms with Gasteiger partial charge in [0.2, 0.25) is 0 Å². The zero-order valence-electron chi connectivity index (χ0n) is 18.2. The molecule has 33 heavy (non-hydrogen) atoms. The van der Waals surface area contributed by atoms with Gasteiger partial charge in [-0.3, -0.25) is 4.79 Å². The number of hydrogen-bond donors (Lipinski definition) is 2. The van der Waals surface area contributed by atoms with Gasteiger partial charge < -0.3 is 15.1 Å². The minimum atomic E-state index is -0.375. The third kappa shape index (κ3) is 4.54. The molecule has 0 aliphatic heterocycles. The molecule has 0 radical (unpaired) electrons. The average molecular weight is 462 g/mol. The van der Waals surface area contributed by atoms with Gasteiger partial charge in [0, 0.05) is 16.1 Å². The fraction of sp³-hybridized carbons (Fsp3) is 0.231. The summed E-state index contributed by atoms with van der Waals surface area (Å²) in [6.07, 6.45) is 5.58. The number of nitrogens with one attached hydrogen (secondary N) is 2. The molecule has 1 aliphatic carbocycles. The van der Waals surface area contributed by atoms with Crippen molar-refractivity contribution in [3.8, 4) is 0 Å². The van der Waals surface area contributed by atoms with Crippen molar-refractivity contribution < 1.29 is 13.6 Å². The Hall–Kier alpha value is -3.45. The molecule has 4 aromatic rings. The van der Waals surface area contributed by atoms with Gasteiger partial charge in [0.1, 0.15) is 16.6 Å². The molecule has 1 aromatic carbocycles. The predicted octanol–water partition coefficient (Wildman–Crippen LogP) is 6.52. The molecule has 3 aromatic heterocycles. The summed E-state index contributed by atoms with van der Waals surface area (Å²) in [5.41, 5.74) is 3.87. The quantitative estimate of drug-likeness (QED) is 0.343. The van der Waals surface area contributed by atoms with Crippen molar-refractivity contribution in [2.45, 2.75) is 38.6 Å². The third-order valence-corrected chi connectivity index (χ3v) is 7.06. The number of amides is 1. The van der Waals surface area contributed by atoms with Crippen molar-refractivity contribution in [3.63, 3.8) is 0 Å². The molecule has 0 saturated heterocycles. The number of halogens is 1. The maximum Gasteiger partial charge on any atom is 0.291 e. The number of furan rings is 1. The van der Waals surface area contributed by atoms with Crippen LogP contribution in [-0.2, 0) is 12.8 Å². The molecule has 1 atom stereocenters. The summed E-state index contributed by atoms with van der Waals surface area (Å²) in [6.45, 7) is 1.93. The van der Waals surface area contributed by atoms with Crippen molar-refractivity contribution in [1.82, 2.24) is 4.98 Å². The first-order valence-electron chi connectivity index (χ1n) is 11.0. The Morgan fingerprint density at radius 1 is 1.12 bits per heavy atom. The van der Waals surface area contributed by atoms with Gasteiger partial charge in [-0.05, 0) is 80.1 Å². The lowest BCUT2D eigenvalue weighted by atomic mass is 9.89. The number of nitrogens with zero attached hydrogens (tertiary/aromatic N) is 1. The van der Waals surface area contributed by atoms with Crippen molar-refractivity contribution in [3.05, 3.63) is 99.7 Å². The number of aryl methyl sites for hydroxylation is 2. The molecule has 168 valence electrons. The van der Waals surface area contributed by atoms with Gasteiger partial charge in [0.25, 0.3) is 5.91 Å². The number of carbonyl (C=O) groups is 1. The number of thiophene rings is 1. The molecule has 0 unspecified atom stereocenters. The highest BCUT2D eigenvalue weighted by atomic mass is 32.1. The van der Waals surface area contributed by atoms with Crippen LogP contribution in [0.25, 0.3) is 0 Å². The van der Waals surface area contributed by atoms with Gasteiger partial charge in [-0.2, -0.15) is 0 Å². The van der Waals surface area contributed by atoms with Crippen molar-refractivity contribution in [1.29, 1.82) is 0 Å². The van der Waals surface area contributed by atoms with Crippen LogP contribution in [-0.4, -0.2) is 10.9 Å². The van der Waals surface area contributed by atoms with E-state index >= 15 is 0 Å². The number of carbonyl (C=O) groups excluding carboxylic acids is 1. The Bertz CT molecular complexity index is 1280. The second-order valence-electron chi connectivity index (χ2n) is 8.18. The van der Waals surface area contributed by atoms with Crippen LogP contribution in [0.5, 0.6) is 0 Å². The number of benzene rings is 1. The minimum Gasteiger partial charge on any atom is -0.459 e. The van der Waals surface area contributed by atoms with E-state index in [-0.39, 0.29) is 23.5 Å². The number of rotatable bonds is 6. The highest BCUT2D eigenvalue weighted by Gasteiger charge is 2.29. The Morgan fingerprint density at radius 3 is 2.76 bits per heavy atom. The summed E-state index contributed by atoms with van der Waals surface area (Å²) in [5.74, 6) is 0.347. The molecule has 0 spiro atoms. The molecular weight excluding hydrogens is 437 g/mol. The van der Waals surface area contributed by atoms with Gasteiger partial charge in [-0.15, -0.1) is 11.3 Å². The molecule has 7 heteroatoms. The normalized spacial score (nSPS) is 13.9. The monoisotopic (exact) mass is 461 g/mol. The van der Waals surface area contributed by atoms with Crippen LogP contribution in [0.4, 0.5) is 15.2 Å². The second kappa shape index (κ2) is 9.19. The lowest BCUT2D eigenvalue weighted by Gasteiger charge is -2.24. The summed E-state index contributed by atoms with van der Waals surface area (Å²) >= 11 is 1.60. The summed E-state index contributed by atoms with van der Waals surface area (Å²) in [4.78, 5) is 18.7. The lowest BCUT2D eigenvalue weighted by molar-refractivity contribution is 0.0997. The van der Waals surface area contributed by atoms with E-state index in [4.69, 9.17) is 4.42 Å². The van der Waals surface area contributed by atoms with E-state index in [1.54, 1.807) is 35.6 Å². The Labute approximate surface area is 195 Å². The maximum atomic E-state index is 14.3. The standard InChI is InChI=1S/C26H24FN3O2S/c1-16-7-4-13-22(28-16)29-24(17-8-5-9-18(27)15-17)23-19-10-2-3-12-21(19)33-26(23)30-25(31)20-11-6-14-32-20/h4-9,11,13-15,24H,2-3,10,12H2,1H3,(H,28,29)(H,30,31)/t24-/m0/s1. The topological polar surface area (TPSA) is 67.2 Å². The summed E-state index contributed by atoms with van der Waals surface area (Å²) < 4.78 is 19.6. The van der Waals surface area contributed by atoms with Crippen molar-refractivity contribution in [2.24, 2.45) is 0 Å². The highest BCUT2D eigenvalue weighted by Crippen LogP contribution is 2.44. The molecule has 5 rings (SSSR count). The Morgan fingerprint density at radius 2 is 1.97 bits per heavy atom. The van der Waals surface area contributed by atoms with Crippen molar-refractivity contribution >= 4 is 28.1 Å². The lowest BCUT2D eigenvalue weighted by Crippen LogP contribution is -2.19. The van der Waals surface area contributed by atoms with E-state index in [9.17, 15) is 9.18 Å². The summed E-state index contributed by atoms with van der Waals surface area (Å²) in [5, 5.41) is 7.34. The van der Waals surface area contributed by atoms with E-state index in [0.29, 0.717) is 5.82 Å². The molecule has 2 N–H and O–H groups in total. The van der Waals surface area contributed by atoms with Gasteiger partial charge >= 0.3 is 0 Å². The molecule has 3 heterocycles. The number of anilines is 2. The highest BCUT2D eigenvalue weighted by molar-refractivity contribution is 7.16. The number of fused-ring (bicyclic) bond motifs is 1. The van der Waals surface area contributed by atoms with E-state index in [2.05, 4.69) is 15.6 Å². The number of pyridine rings is 1. The van der Waals surface area contributed by atoms with Gasteiger partial charge in [-0.25, -0.2) is 9.37 Å². The van der Waals surface area contributed by atoms with Crippen LogP contribution >= 0.6 is 11.3 Å². The third-order valence-electron chi connectivity index (χ3n) is 5.84. The van der Waals surface area contributed by atoms with Crippen LogP contribution in [0, 0.1) is 12.7 Å². The van der Waals surface area contributed by atoms with Crippen molar-refractivity contribution in [2.75, 3.05) is 10.6 Å². The molecule has 1 aliphatic rings. The van der Waals surface area contributed by atoms with Crippen LogP contribution in [0.3, 0.4) is 0 Å². The molecule has 5 nitrogen and oxygen atoms in total. The van der Waals surface area contributed by atoms with Crippen LogP contribution < -0.4 is 10.6 Å². The Kier molecular flexibility index (Phi) is 5.96. The predicted molar refractivity (Wildman–Crippen MR) is 128 cm³/mol. The van der Waals surface area contributed by atoms with Crippen LogP contribution in [0.2, 0.25) is 0 Å². The fourth-order valence-electron chi connectivity index (χ4n) is 4.34. The molecule has 0 fully saturated rings. The zero-order chi connectivity index (χ0) is 22.8. The zero-order valence-corrected chi connectivity index (χ0v) is 19.0. The number of aromatic nitrogens is 1. The summed E-state index contributed by atoms with van der Waals surface area (Å²) in [7, 11) is 0. The maximum absolute atomic E-state index is 14.3. The molecular formula is C26H24FN3O2S. The molecule has 0 bridgehead atoms. The van der Waals surface area contributed by atoms with Crippen LogP contribution in [0.15, 0.2) is 65.3 Å². The first-order chi connectivity index (χ1) is 16.1. The largest absolute Gasteiger partial charge is 0.459 e. The first-order valence-corrected chi connectivity index (χ1v) is 11.8. The van der Waals surface area contributed by atoms with E-state index in [0.717, 1.165) is 47.5 Å². The van der Waals surface area contributed by atoms with Gasteiger partial charge in [-0.1, -0.05) is 18.2 Å². The number of hydrogen-bond acceptors (Lipinski definition) is 5. The van der Waals surface area contributed by atoms with E-state index in [1.165, 1.54) is 22.8 Å².